The first-order valence-electron chi connectivity index (χ1n) is 4.66. The number of aryl methyl sites for hydroxylation is 1. The highest BCUT2D eigenvalue weighted by atomic mass is 79.9. The molecule has 0 radical (unpaired) electrons. The van der Waals surface area contributed by atoms with E-state index in [2.05, 4.69) is 33.2 Å². The predicted molar refractivity (Wildman–Crippen MR) is 68.1 cm³/mol. The Morgan fingerprint density at radius 3 is 2.80 bits per heavy atom. The van der Waals surface area contributed by atoms with Crippen LogP contribution in [-0.4, -0.2) is 12.0 Å². The summed E-state index contributed by atoms with van der Waals surface area (Å²) in [4.78, 5) is 4.34. The lowest BCUT2D eigenvalue weighted by atomic mass is 10.1. The molecular weight excluding hydrogens is 254 g/mol. The Morgan fingerprint density at radius 1 is 1.40 bits per heavy atom. The molecule has 78 valence electrons. The number of nitrogens with zero attached hydrogens (tertiary/aromatic N) is 1. The third-order valence-electron chi connectivity index (χ3n) is 2.46. The Labute approximate surface area is 96.8 Å². The number of fused-ring (bicyclic) bond motifs is 1. The number of hydrogen-bond donors (Lipinski definition) is 2. The van der Waals surface area contributed by atoms with Gasteiger partial charge in [-0.05, 0) is 34.5 Å². The third kappa shape index (κ3) is 1.55. The molecule has 1 aromatic heterocycles. The van der Waals surface area contributed by atoms with Crippen LogP contribution in [0.1, 0.15) is 5.56 Å². The van der Waals surface area contributed by atoms with Gasteiger partial charge < -0.3 is 11.1 Å². The van der Waals surface area contributed by atoms with Crippen LogP contribution in [0.2, 0.25) is 0 Å². The number of pyridine rings is 1. The number of nitrogens with two attached hydrogens (primary N) is 1. The molecule has 0 fully saturated rings. The van der Waals surface area contributed by atoms with E-state index in [0.29, 0.717) is 5.69 Å². The summed E-state index contributed by atoms with van der Waals surface area (Å²) in [5, 5.41) is 4.20. The van der Waals surface area contributed by atoms with E-state index in [-0.39, 0.29) is 0 Å². The molecule has 4 heteroatoms. The van der Waals surface area contributed by atoms with Crippen molar-refractivity contribution in [3.8, 4) is 0 Å². The van der Waals surface area contributed by atoms with Crippen LogP contribution >= 0.6 is 15.9 Å². The van der Waals surface area contributed by atoms with E-state index >= 15 is 0 Å². The van der Waals surface area contributed by atoms with Crippen LogP contribution in [0, 0.1) is 6.92 Å². The maximum atomic E-state index is 5.88. The average Bonchev–Trinajstić information content (AvgIpc) is 2.23. The molecule has 0 bridgehead atoms. The smallest absolute Gasteiger partial charge is 0.0869 e. The minimum absolute atomic E-state index is 0.672. The largest absolute Gasteiger partial charge is 0.396 e. The highest BCUT2D eigenvalue weighted by Gasteiger charge is 2.09. The van der Waals surface area contributed by atoms with Crippen LogP contribution in [0.3, 0.4) is 0 Å². The van der Waals surface area contributed by atoms with Gasteiger partial charge in [-0.2, -0.15) is 0 Å². The summed E-state index contributed by atoms with van der Waals surface area (Å²) in [7, 11) is 1.87. The van der Waals surface area contributed by atoms with E-state index in [1.807, 2.05) is 19.2 Å². The first-order valence-corrected chi connectivity index (χ1v) is 5.45. The molecule has 2 rings (SSSR count). The Morgan fingerprint density at radius 2 is 2.13 bits per heavy atom. The molecule has 0 spiro atoms. The van der Waals surface area contributed by atoms with Crippen molar-refractivity contribution in [2.75, 3.05) is 18.1 Å². The van der Waals surface area contributed by atoms with E-state index in [0.717, 1.165) is 26.6 Å². The van der Waals surface area contributed by atoms with Gasteiger partial charge in [0.15, 0.2) is 0 Å². The normalized spacial score (nSPS) is 10.6. The Bertz CT molecular complexity index is 523. The number of anilines is 2. The molecule has 0 saturated carbocycles. The van der Waals surface area contributed by atoms with Crippen LogP contribution in [0.25, 0.3) is 10.9 Å². The van der Waals surface area contributed by atoms with Crippen LogP contribution in [-0.2, 0) is 0 Å². The van der Waals surface area contributed by atoms with E-state index in [4.69, 9.17) is 5.73 Å². The van der Waals surface area contributed by atoms with E-state index in [9.17, 15) is 0 Å². The summed E-state index contributed by atoms with van der Waals surface area (Å²) in [5.41, 5.74) is 9.59. The number of halogens is 1. The van der Waals surface area contributed by atoms with Crippen LogP contribution < -0.4 is 11.1 Å². The fourth-order valence-corrected chi connectivity index (χ4v) is 2.15. The maximum absolute atomic E-state index is 5.88. The molecule has 0 aliphatic carbocycles. The predicted octanol–water partition coefficient (Wildman–Crippen LogP) is 2.93. The Balaban J connectivity index is 2.96. The van der Waals surface area contributed by atoms with E-state index in [1.54, 1.807) is 6.20 Å². The van der Waals surface area contributed by atoms with Crippen molar-refractivity contribution in [1.29, 1.82) is 0 Å². The minimum Gasteiger partial charge on any atom is -0.396 e. The van der Waals surface area contributed by atoms with Crippen molar-refractivity contribution in [2.45, 2.75) is 6.92 Å². The summed E-state index contributed by atoms with van der Waals surface area (Å²) >= 11 is 3.49. The molecule has 0 aliphatic heterocycles. The summed E-state index contributed by atoms with van der Waals surface area (Å²) in [6.45, 7) is 2.05. The SMILES string of the molecule is CNc1c(N)cnc2c(Br)ccc(C)c12. The van der Waals surface area contributed by atoms with Crippen LogP contribution in [0.15, 0.2) is 22.8 Å². The van der Waals surface area contributed by atoms with Gasteiger partial charge in [0.05, 0.1) is 23.1 Å². The van der Waals surface area contributed by atoms with Crippen molar-refractivity contribution in [3.05, 3.63) is 28.4 Å². The van der Waals surface area contributed by atoms with Gasteiger partial charge in [-0.25, -0.2) is 0 Å². The lowest BCUT2D eigenvalue weighted by Crippen LogP contribution is -1.99. The minimum atomic E-state index is 0.672. The van der Waals surface area contributed by atoms with Gasteiger partial charge in [-0.15, -0.1) is 0 Å². The standard InChI is InChI=1S/C11H12BrN3/c1-6-3-4-7(12)10-9(6)11(14-2)8(13)5-15-10/h3-5H,13H2,1-2H3,(H,14,15). The Kier molecular flexibility index (Phi) is 2.52. The number of nitrogen functional groups attached to an aromatic ring is 1. The second-order valence-corrected chi connectivity index (χ2v) is 4.28. The lowest BCUT2D eigenvalue weighted by Gasteiger charge is -2.11. The molecule has 15 heavy (non-hydrogen) atoms. The topological polar surface area (TPSA) is 50.9 Å². The van der Waals surface area contributed by atoms with Crippen LogP contribution in [0.5, 0.6) is 0 Å². The zero-order valence-corrected chi connectivity index (χ0v) is 10.2. The summed E-state index contributed by atoms with van der Waals surface area (Å²) in [6.07, 6.45) is 1.68. The van der Waals surface area contributed by atoms with Crippen molar-refractivity contribution >= 4 is 38.2 Å². The van der Waals surface area contributed by atoms with Crippen molar-refractivity contribution in [1.82, 2.24) is 4.98 Å². The van der Waals surface area contributed by atoms with Gasteiger partial charge in [-0.1, -0.05) is 6.07 Å². The molecule has 0 atom stereocenters. The summed E-state index contributed by atoms with van der Waals surface area (Å²) < 4.78 is 0.986. The molecule has 1 heterocycles. The fraction of sp³-hybridized carbons (Fsp3) is 0.182. The molecule has 0 saturated heterocycles. The summed E-state index contributed by atoms with van der Waals surface area (Å²) in [5.74, 6) is 0. The third-order valence-corrected chi connectivity index (χ3v) is 3.10. The number of aromatic nitrogens is 1. The first kappa shape index (κ1) is 10.2. The maximum Gasteiger partial charge on any atom is 0.0869 e. The van der Waals surface area contributed by atoms with E-state index in [1.165, 1.54) is 0 Å². The molecular formula is C11H12BrN3. The van der Waals surface area contributed by atoms with Gasteiger partial charge in [-0.3, -0.25) is 4.98 Å². The second-order valence-electron chi connectivity index (χ2n) is 3.43. The molecule has 3 N–H and O–H groups in total. The highest BCUT2D eigenvalue weighted by molar-refractivity contribution is 9.10. The van der Waals surface area contributed by atoms with Crippen molar-refractivity contribution < 1.29 is 0 Å². The van der Waals surface area contributed by atoms with Gasteiger partial charge in [0.1, 0.15) is 0 Å². The number of hydrogen-bond acceptors (Lipinski definition) is 3. The molecule has 0 amide bonds. The molecule has 1 aromatic carbocycles. The monoisotopic (exact) mass is 265 g/mol. The number of rotatable bonds is 1. The molecule has 3 nitrogen and oxygen atoms in total. The molecule has 0 aliphatic rings. The molecule has 0 unspecified atom stereocenters. The quantitative estimate of drug-likeness (QED) is 0.834. The second kappa shape index (κ2) is 3.70. The number of nitrogens with one attached hydrogen (secondary N) is 1. The Hall–Kier alpha value is -1.29. The van der Waals surface area contributed by atoms with Gasteiger partial charge in [0, 0.05) is 16.9 Å². The van der Waals surface area contributed by atoms with E-state index < -0.39 is 0 Å². The van der Waals surface area contributed by atoms with Crippen LogP contribution in [0.4, 0.5) is 11.4 Å². The van der Waals surface area contributed by atoms with Gasteiger partial charge in [0.2, 0.25) is 0 Å². The van der Waals surface area contributed by atoms with Gasteiger partial charge >= 0.3 is 0 Å². The van der Waals surface area contributed by atoms with Crippen molar-refractivity contribution in [3.63, 3.8) is 0 Å². The van der Waals surface area contributed by atoms with Gasteiger partial charge in [0.25, 0.3) is 0 Å². The molecule has 2 aromatic rings. The summed E-state index contributed by atoms with van der Waals surface area (Å²) in [6, 6.07) is 4.05. The zero-order chi connectivity index (χ0) is 11.0. The first-order chi connectivity index (χ1) is 7.15. The highest BCUT2D eigenvalue weighted by Crippen LogP contribution is 2.33. The lowest BCUT2D eigenvalue weighted by molar-refractivity contribution is 1.37. The zero-order valence-electron chi connectivity index (χ0n) is 8.63. The number of benzene rings is 1. The fourth-order valence-electron chi connectivity index (χ4n) is 1.72. The van der Waals surface area contributed by atoms with Crippen molar-refractivity contribution in [2.24, 2.45) is 0 Å². The average molecular weight is 266 g/mol.